The van der Waals surface area contributed by atoms with Crippen LogP contribution in [0.4, 0.5) is 0 Å². The molecule has 2 heteroatoms. The van der Waals surface area contributed by atoms with Crippen molar-refractivity contribution < 1.29 is 10.2 Å². The first kappa shape index (κ1) is 8.27. The smallest absolute Gasteiger partial charge is 0.0721 e. The molecule has 2 nitrogen and oxygen atoms in total. The minimum absolute atomic E-state index is 0.245. The van der Waals surface area contributed by atoms with E-state index in [0.29, 0.717) is 24.4 Å². The van der Waals surface area contributed by atoms with E-state index in [1.807, 2.05) is 6.08 Å². The van der Waals surface area contributed by atoms with Crippen molar-refractivity contribution in [2.45, 2.75) is 25.4 Å². The SMILES string of the molecule is OC[C@@H]1[C@H]2C/C=C\[C@H](O)CC[C@@H]12. The Hall–Kier alpha value is -0.340. The van der Waals surface area contributed by atoms with Gasteiger partial charge < -0.3 is 10.2 Å². The highest BCUT2D eigenvalue weighted by Crippen LogP contribution is 2.51. The second-order valence-electron chi connectivity index (χ2n) is 3.98. The Balaban J connectivity index is 1.95. The fourth-order valence-corrected chi connectivity index (χ4v) is 2.43. The average Bonchev–Trinajstić information content (AvgIpc) is 2.70. The lowest BCUT2D eigenvalue weighted by Crippen LogP contribution is -2.04. The number of aliphatic hydroxyl groups excluding tert-OH is 2. The molecule has 12 heavy (non-hydrogen) atoms. The summed E-state index contributed by atoms with van der Waals surface area (Å²) in [7, 11) is 0. The minimum atomic E-state index is -0.245. The monoisotopic (exact) mass is 168 g/mol. The molecule has 2 aliphatic rings. The molecular weight excluding hydrogens is 152 g/mol. The van der Waals surface area contributed by atoms with Crippen molar-refractivity contribution >= 4 is 0 Å². The lowest BCUT2D eigenvalue weighted by molar-refractivity contribution is 0.202. The van der Waals surface area contributed by atoms with Gasteiger partial charge in [0, 0.05) is 6.61 Å². The predicted molar refractivity (Wildman–Crippen MR) is 46.6 cm³/mol. The van der Waals surface area contributed by atoms with Gasteiger partial charge in [-0.1, -0.05) is 12.2 Å². The Kier molecular flexibility index (Phi) is 2.20. The van der Waals surface area contributed by atoms with E-state index in [4.69, 9.17) is 5.11 Å². The minimum Gasteiger partial charge on any atom is -0.396 e. The second-order valence-corrected chi connectivity index (χ2v) is 3.98. The van der Waals surface area contributed by atoms with Crippen molar-refractivity contribution in [3.63, 3.8) is 0 Å². The largest absolute Gasteiger partial charge is 0.396 e. The fraction of sp³-hybridized carbons (Fsp3) is 0.800. The summed E-state index contributed by atoms with van der Waals surface area (Å²) in [5.41, 5.74) is 0. The molecule has 0 bridgehead atoms. The topological polar surface area (TPSA) is 40.5 Å². The van der Waals surface area contributed by atoms with Crippen molar-refractivity contribution in [3.05, 3.63) is 12.2 Å². The third-order valence-electron chi connectivity index (χ3n) is 3.28. The van der Waals surface area contributed by atoms with Gasteiger partial charge in [-0.2, -0.15) is 0 Å². The van der Waals surface area contributed by atoms with E-state index in [2.05, 4.69) is 6.08 Å². The Morgan fingerprint density at radius 1 is 1.25 bits per heavy atom. The van der Waals surface area contributed by atoms with Crippen LogP contribution in [0, 0.1) is 17.8 Å². The zero-order chi connectivity index (χ0) is 8.55. The van der Waals surface area contributed by atoms with Crippen molar-refractivity contribution in [1.82, 2.24) is 0 Å². The molecule has 0 amide bonds. The molecule has 0 aromatic carbocycles. The third-order valence-corrected chi connectivity index (χ3v) is 3.28. The quantitative estimate of drug-likeness (QED) is 0.572. The van der Waals surface area contributed by atoms with Gasteiger partial charge in [0.2, 0.25) is 0 Å². The van der Waals surface area contributed by atoms with E-state index in [0.717, 1.165) is 19.3 Å². The van der Waals surface area contributed by atoms with Crippen LogP contribution in [0.25, 0.3) is 0 Å². The Morgan fingerprint density at radius 2 is 2.08 bits per heavy atom. The molecule has 0 aromatic heterocycles. The molecule has 1 fully saturated rings. The maximum Gasteiger partial charge on any atom is 0.0721 e. The summed E-state index contributed by atoms with van der Waals surface area (Å²) >= 11 is 0. The number of rotatable bonds is 1. The van der Waals surface area contributed by atoms with Gasteiger partial charge in [0.15, 0.2) is 0 Å². The number of hydrogen-bond donors (Lipinski definition) is 2. The highest BCUT2D eigenvalue weighted by molar-refractivity contribution is 5.04. The second kappa shape index (κ2) is 3.19. The zero-order valence-corrected chi connectivity index (χ0v) is 7.19. The molecule has 0 spiro atoms. The molecule has 0 aromatic rings. The van der Waals surface area contributed by atoms with Crippen LogP contribution in [0.15, 0.2) is 12.2 Å². The first-order valence-electron chi connectivity index (χ1n) is 4.78. The van der Waals surface area contributed by atoms with Gasteiger partial charge in [0.25, 0.3) is 0 Å². The molecule has 2 rings (SSSR count). The van der Waals surface area contributed by atoms with Crippen molar-refractivity contribution in [3.8, 4) is 0 Å². The van der Waals surface area contributed by atoms with Crippen LogP contribution in [0.2, 0.25) is 0 Å². The maximum absolute atomic E-state index is 9.36. The van der Waals surface area contributed by atoms with Gasteiger partial charge >= 0.3 is 0 Å². The lowest BCUT2D eigenvalue weighted by Gasteiger charge is -2.07. The summed E-state index contributed by atoms with van der Waals surface area (Å²) < 4.78 is 0. The first-order valence-corrected chi connectivity index (χ1v) is 4.78. The molecule has 0 aliphatic heterocycles. The molecule has 0 radical (unpaired) electrons. The van der Waals surface area contributed by atoms with Gasteiger partial charge in [-0.05, 0) is 37.0 Å². The summed E-state index contributed by atoms with van der Waals surface area (Å²) in [5.74, 6) is 1.92. The lowest BCUT2D eigenvalue weighted by atomic mass is 10.0. The highest BCUT2D eigenvalue weighted by atomic mass is 16.3. The molecular formula is C10H16O2. The number of allylic oxidation sites excluding steroid dienone is 1. The van der Waals surface area contributed by atoms with E-state index in [1.165, 1.54) is 0 Å². The summed E-state index contributed by atoms with van der Waals surface area (Å²) in [4.78, 5) is 0. The van der Waals surface area contributed by atoms with Gasteiger partial charge in [-0.3, -0.25) is 0 Å². The highest BCUT2D eigenvalue weighted by Gasteiger charge is 2.48. The van der Waals surface area contributed by atoms with E-state index >= 15 is 0 Å². The van der Waals surface area contributed by atoms with Crippen molar-refractivity contribution in [2.24, 2.45) is 17.8 Å². The van der Waals surface area contributed by atoms with Crippen LogP contribution >= 0.6 is 0 Å². The molecule has 68 valence electrons. The number of hydrogen-bond acceptors (Lipinski definition) is 2. The molecule has 2 aliphatic carbocycles. The van der Waals surface area contributed by atoms with E-state index < -0.39 is 0 Å². The molecule has 0 saturated heterocycles. The molecule has 2 N–H and O–H groups in total. The number of aliphatic hydroxyl groups is 2. The number of fused-ring (bicyclic) bond motifs is 1. The summed E-state index contributed by atoms with van der Waals surface area (Å²) in [5, 5.41) is 18.4. The van der Waals surface area contributed by atoms with Crippen LogP contribution in [-0.2, 0) is 0 Å². The molecule has 1 saturated carbocycles. The van der Waals surface area contributed by atoms with Gasteiger partial charge in [-0.15, -0.1) is 0 Å². The van der Waals surface area contributed by atoms with Crippen LogP contribution in [0.3, 0.4) is 0 Å². The standard InChI is InChI=1S/C10H16O2/c11-6-10-8-3-1-2-7(12)4-5-9(8)10/h1-2,7-12H,3-6H2/b2-1-/t7-,8-,9+,10+/m0/s1. The summed E-state index contributed by atoms with van der Waals surface area (Å²) in [6, 6.07) is 0. The Labute approximate surface area is 72.9 Å². The van der Waals surface area contributed by atoms with Crippen molar-refractivity contribution in [1.29, 1.82) is 0 Å². The van der Waals surface area contributed by atoms with Crippen LogP contribution in [0.1, 0.15) is 19.3 Å². The Bertz CT molecular complexity index is 188. The fourth-order valence-electron chi connectivity index (χ4n) is 2.43. The first-order chi connectivity index (χ1) is 5.83. The van der Waals surface area contributed by atoms with Crippen molar-refractivity contribution in [2.75, 3.05) is 6.61 Å². The molecule has 0 unspecified atom stereocenters. The predicted octanol–water partition coefficient (Wildman–Crippen LogP) is 0.942. The van der Waals surface area contributed by atoms with Gasteiger partial charge in [0.1, 0.15) is 0 Å². The van der Waals surface area contributed by atoms with Gasteiger partial charge in [-0.25, -0.2) is 0 Å². The summed E-state index contributed by atoms with van der Waals surface area (Å²) in [6.45, 7) is 0.333. The Morgan fingerprint density at radius 3 is 2.83 bits per heavy atom. The van der Waals surface area contributed by atoms with Gasteiger partial charge in [0.05, 0.1) is 6.10 Å². The van der Waals surface area contributed by atoms with E-state index in [9.17, 15) is 5.11 Å². The third kappa shape index (κ3) is 1.41. The molecule has 4 atom stereocenters. The summed E-state index contributed by atoms with van der Waals surface area (Å²) in [6.07, 6.45) is 6.72. The zero-order valence-electron chi connectivity index (χ0n) is 7.19. The van der Waals surface area contributed by atoms with E-state index in [-0.39, 0.29) is 6.10 Å². The van der Waals surface area contributed by atoms with Crippen LogP contribution in [-0.4, -0.2) is 22.9 Å². The average molecular weight is 168 g/mol. The maximum atomic E-state index is 9.36. The van der Waals surface area contributed by atoms with E-state index in [1.54, 1.807) is 0 Å². The normalized spacial score (nSPS) is 48.8. The molecule has 0 heterocycles. The van der Waals surface area contributed by atoms with Crippen LogP contribution < -0.4 is 0 Å². The van der Waals surface area contributed by atoms with Crippen LogP contribution in [0.5, 0.6) is 0 Å².